The van der Waals surface area contributed by atoms with E-state index in [2.05, 4.69) is 10.2 Å². The van der Waals surface area contributed by atoms with Crippen molar-refractivity contribution >= 4 is 11.4 Å². The summed E-state index contributed by atoms with van der Waals surface area (Å²) >= 11 is 0. The zero-order chi connectivity index (χ0) is 13.0. The van der Waals surface area contributed by atoms with Crippen molar-refractivity contribution in [2.24, 2.45) is 7.05 Å². The van der Waals surface area contributed by atoms with E-state index < -0.39 is 0 Å². The topological polar surface area (TPSA) is 60.0 Å². The van der Waals surface area contributed by atoms with Gasteiger partial charge in [0.1, 0.15) is 17.2 Å². The van der Waals surface area contributed by atoms with Gasteiger partial charge in [0.05, 0.1) is 17.4 Å². The van der Waals surface area contributed by atoms with Crippen LogP contribution in [0, 0.1) is 5.82 Å². The molecule has 1 atom stereocenters. The first-order chi connectivity index (χ1) is 8.49. The second kappa shape index (κ2) is 3.44. The van der Waals surface area contributed by atoms with Gasteiger partial charge < -0.3 is 10.6 Å². The van der Waals surface area contributed by atoms with Crippen molar-refractivity contribution < 1.29 is 4.39 Å². The van der Waals surface area contributed by atoms with E-state index >= 15 is 0 Å². The molecule has 0 saturated heterocycles. The summed E-state index contributed by atoms with van der Waals surface area (Å²) in [4.78, 5) is 3.51. The van der Waals surface area contributed by atoms with Gasteiger partial charge >= 0.3 is 0 Å². The highest BCUT2D eigenvalue weighted by molar-refractivity contribution is 5.89. The Kier molecular flexibility index (Phi) is 2.10. The standard InChI is InChI=1S/C12H14FN5/c1-6-10-11(16-18(3)15-10)8-4-7(13)5-9(14)12(8)17(6)2/h4-6H,14H2,1-3H3. The Morgan fingerprint density at radius 1 is 1.28 bits per heavy atom. The molecule has 0 amide bonds. The summed E-state index contributed by atoms with van der Waals surface area (Å²) < 4.78 is 13.5. The van der Waals surface area contributed by atoms with E-state index in [1.807, 2.05) is 18.9 Å². The average molecular weight is 247 g/mol. The second-order valence-electron chi connectivity index (χ2n) is 4.60. The highest BCUT2D eigenvalue weighted by Gasteiger charge is 2.31. The molecule has 94 valence electrons. The molecule has 2 N–H and O–H groups in total. The highest BCUT2D eigenvalue weighted by Crippen LogP contribution is 2.45. The molecule has 1 unspecified atom stereocenters. The van der Waals surface area contributed by atoms with Gasteiger partial charge in [0.25, 0.3) is 0 Å². The van der Waals surface area contributed by atoms with Crippen LogP contribution in [0.5, 0.6) is 0 Å². The molecule has 0 saturated carbocycles. The lowest BCUT2D eigenvalue weighted by Crippen LogP contribution is -2.27. The Morgan fingerprint density at radius 2 is 2.00 bits per heavy atom. The van der Waals surface area contributed by atoms with Crippen molar-refractivity contribution in [3.8, 4) is 11.3 Å². The third-order valence-corrected chi connectivity index (χ3v) is 3.43. The zero-order valence-electron chi connectivity index (χ0n) is 10.5. The average Bonchev–Trinajstić information content (AvgIpc) is 2.67. The molecular weight excluding hydrogens is 233 g/mol. The largest absolute Gasteiger partial charge is 0.397 e. The van der Waals surface area contributed by atoms with Gasteiger partial charge in [-0.25, -0.2) is 4.39 Å². The predicted octanol–water partition coefficient (Wildman–Crippen LogP) is 1.71. The first-order valence-corrected chi connectivity index (χ1v) is 5.72. The van der Waals surface area contributed by atoms with Gasteiger partial charge in [0, 0.05) is 19.7 Å². The molecule has 0 radical (unpaired) electrons. The van der Waals surface area contributed by atoms with Crippen molar-refractivity contribution in [3.05, 3.63) is 23.6 Å². The molecule has 6 heteroatoms. The fourth-order valence-electron chi connectivity index (χ4n) is 2.47. The molecule has 1 aliphatic heterocycles. The van der Waals surface area contributed by atoms with Crippen LogP contribution in [-0.4, -0.2) is 22.0 Å². The Balaban J connectivity index is 2.36. The summed E-state index contributed by atoms with van der Waals surface area (Å²) in [5.74, 6) is -0.356. The van der Waals surface area contributed by atoms with Crippen LogP contribution in [0.4, 0.5) is 15.8 Å². The number of aryl methyl sites for hydroxylation is 1. The normalized spacial score (nSPS) is 17.6. The minimum absolute atomic E-state index is 0.0639. The third-order valence-electron chi connectivity index (χ3n) is 3.43. The summed E-state index contributed by atoms with van der Waals surface area (Å²) in [5.41, 5.74) is 9.43. The van der Waals surface area contributed by atoms with Crippen LogP contribution in [0.15, 0.2) is 12.1 Å². The molecule has 1 aliphatic rings. The Labute approximate surface area is 104 Å². The Morgan fingerprint density at radius 3 is 2.72 bits per heavy atom. The van der Waals surface area contributed by atoms with Crippen LogP contribution in [-0.2, 0) is 7.05 Å². The molecule has 1 aromatic carbocycles. The molecule has 0 fully saturated rings. The number of nitrogens with two attached hydrogens (primary N) is 1. The molecule has 2 heterocycles. The van der Waals surface area contributed by atoms with Crippen molar-refractivity contribution in [1.82, 2.24) is 15.0 Å². The number of aromatic nitrogens is 3. The summed E-state index contributed by atoms with van der Waals surface area (Å²) in [6.45, 7) is 2.03. The number of benzene rings is 1. The lowest BCUT2D eigenvalue weighted by molar-refractivity contribution is 0.623. The van der Waals surface area contributed by atoms with Gasteiger partial charge in [-0.1, -0.05) is 0 Å². The van der Waals surface area contributed by atoms with Gasteiger partial charge in [-0.05, 0) is 19.1 Å². The minimum Gasteiger partial charge on any atom is -0.397 e. The van der Waals surface area contributed by atoms with Crippen molar-refractivity contribution in [1.29, 1.82) is 0 Å². The predicted molar refractivity (Wildman–Crippen MR) is 67.6 cm³/mol. The van der Waals surface area contributed by atoms with E-state index in [9.17, 15) is 4.39 Å². The molecule has 1 aromatic heterocycles. The van der Waals surface area contributed by atoms with Gasteiger partial charge in [0.2, 0.25) is 0 Å². The monoisotopic (exact) mass is 247 g/mol. The fourth-order valence-corrected chi connectivity index (χ4v) is 2.47. The maximum atomic E-state index is 13.5. The zero-order valence-corrected chi connectivity index (χ0v) is 10.5. The maximum absolute atomic E-state index is 13.5. The molecule has 2 aromatic rings. The van der Waals surface area contributed by atoms with E-state index in [4.69, 9.17) is 5.73 Å². The van der Waals surface area contributed by atoms with Gasteiger partial charge in [0.15, 0.2) is 0 Å². The summed E-state index contributed by atoms with van der Waals surface area (Å²) in [6, 6.07) is 2.86. The number of nitrogens with zero attached hydrogens (tertiary/aromatic N) is 4. The smallest absolute Gasteiger partial charge is 0.126 e. The van der Waals surface area contributed by atoms with Crippen molar-refractivity contribution in [3.63, 3.8) is 0 Å². The quantitative estimate of drug-likeness (QED) is 0.720. The van der Waals surface area contributed by atoms with E-state index in [0.29, 0.717) is 16.9 Å². The molecule has 5 nitrogen and oxygen atoms in total. The number of hydrogen-bond acceptors (Lipinski definition) is 4. The van der Waals surface area contributed by atoms with E-state index in [1.165, 1.54) is 16.9 Å². The van der Waals surface area contributed by atoms with Gasteiger partial charge in [-0.2, -0.15) is 15.0 Å². The number of fused-ring (bicyclic) bond motifs is 3. The van der Waals surface area contributed by atoms with Crippen LogP contribution in [0.1, 0.15) is 18.7 Å². The van der Waals surface area contributed by atoms with Crippen LogP contribution < -0.4 is 10.6 Å². The van der Waals surface area contributed by atoms with Gasteiger partial charge in [-0.3, -0.25) is 0 Å². The summed E-state index contributed by atoms with van der Waals surface area (Å²) in [7, 11) is 3.68. The number of anilines is 2. The summed E-state index contributed by atoms with van der Waals surface area (Å²) in [6.07, 6.45) is 0. The summed E-state index contributed by atoms with van der Waals surface area (Å²) in [5, 5.41) is 8.66. The molecule has 0 spiro atoms. The van der Waals surface area contributed by atoms with Gasteiger partial charge in [-0.15, -0.1) is 0 Å². The second-order valence-corrected chi connectivity index (χ2v) is 4.60. The molecular formula is C12H14FN5. The molecule has 18 heavy (non-hydrogen) atoms. The van der Waals surface area contributed by atoms with E-state index in [0.717, 1.165) is 11.4 Å². The van der Waals surface area contributed by atoms with Crippen molar-refractivity contribution in [2.75, 3.05) is 17.7 Å². The lowest BCUT2D eigenvalue weighted by Gasteiger charge is -2.33. The minimum atomic E-state index is -0.356. The molecule has 0 bridgehead atoms. The van der Waals surface area contributed by atoms with Crippen LogP contribution in [0.2, 0.25) is 0 Å². The third kappa shape index (κ3) is 1.32. The molecule has 0 aliphatic carbocycles. The number of hydrogen-bond donors (Lipinski definition) is 1. The van der Waals surface area contributed by atoms with E-state index in [-0.39, 0.29) is 11.9 Å². The lowest BCUT2D eigenvalue weighted by atomic mass is 9.97. The SMILES string of the molecule is CC1c2nn(C)nc2-c2cc(F)cc(N)c2N1C. The first kappa shape index (κ1) is 11.0. The van der Waals surface area contributed by atoms with Crippen LogP contribution in [0.3, 0.4) is 0 Å². The number of nitrogen functional groups attached to an aromatic ring is 1. The fraction of sp³-hybridized carbons (Fsp3) is 0.333. The number of rotatable bonds is 0. The highest BCUT2D eigenvalue weighted by atomic mass is 19.1. The molecule has 3 rings (SSSR count). The Bertz CT molecular complexity index is 634. The first-order valence-electron chi connectivity index (χ1n) is 5.72. The van der Waals surface area contributed by atoms with Crippen LogP contribution >= 0.6 is 0 Å². The van der Waals surface area contributed by atoms with Crippen molar-refractivity contribution in [2.45, 2.75) is 13.0 Å². The number of halogens is 1. The van der Waals surface area contributed by atoms with Crippen LogP contribution in [0.25, 0.3) is 11.3 Å². The van der Waals surface area contributed by atoms with E-state index in [1.54, 1.807) is 7.05 Å². The Hall–Kier alpha value is -2.11. The maximum Gasteiger partial charge on any atom is 0.126 e.